The highest BCUT2D eigenvalue weighted by atomic mass is 35.5. The van der Waals surface area contributed by atoms with Crippen LogP contribution in [-0.4, -0.2) is 40.5 Å². The van der Waals surface area contributed by atoms with E-state index >= 15 is 0 Å². The molecule has 10 heteroatoms. The van der Waals surface area contributed by atoms with E-state index in [0.717, 1.165) is 6.07 Å². The van der Waals surface area contributed by atoms with Crippen molar-refractivity contribution in [2.75, 3.05) is 19.0 Å². The number of halogens is 5. The van der Waals surface area contributed by atoms with Crippen LogP contribution in [-0.2, 0) is 5.41 Å². The van der Waals surface area contributed by atoms with E-state index in [1.807, 2.05) is 0 Å². The van der Waals surface area contributed by atoms with Crippen LogP contribution in [0.3, 0.4) is 0 Å². The molecule has 178 valence electrons. The molecule has 0 aliphatic rings. The zero-order valence-corrected chi connectivity index (χ0v) is 19.3. The quantitative estimate of drug-likeness (QED) is 0.413. The predicted molar refractivity (Wildman–Crippen MR) is 119 cm³/mol. The Morgan fingerprint density at radius 1 is 1.15 bits per heavy atom. The minimum atomic E-state index is -4.96. The van der Waals surface area contributed by atoms with Gasteiger partial charge in [-0.25, -0.2) is 14.4 Å². The fraction of sp³-hybridized carbons (Fsp3) is 0.391. The van der Waals surface area contributed by atoms with Crippen molar-refractivity contribution in [2.45, 2.75) is 44.4 Å². The Bertz CT molecular complexity index is 1170. The molecule has 0 radical (unpaired) electrons. The highest BCUT2D eigenvalue weighted by molar-refractivity contribution is 6.30. The molecule has 0 aliphatic heterocycles. The Balaban J connectivity index is 1.95. The lowest BCUT2D eigenvalue weighted by atomic mass is 9.74. The van der Waals surface area contributed by atoms with E-state index in [9.17, 15) is 22.7 Å². The van der Waals surface area contributed by atoms with Crippen LogP contribution in [0.2, 0.25) is 5.02 Å². The molecular formula is C23H24ClF4N3O2. The third-order valence-electron chi connectivity index (χ3n) is 5.55. The number of alkyl halides is 3. The maximum atomic E-state index is 14.2. The summed E-state index contributed by atoms with van der Waals surface area (Å²) >= 11 is 5.98. The number of hydrogen-bond donors (Lipinski definition) is 2. The van der Waals surface area contributed by atoms with Gasteiger partial charge in [-0.05, 0) is 48.6 Å². The number of methoxy groups -OCH3 is 1. The summed E-state index contributed by atoms with van der Waals surface area (Å²) in [5.74, 6) is 0.0224. The molecule has 0 fully saturated rings. The van der Waals surface area contributed by atoms with Crippen LogP contribution in [0.25, 0.3) is 10.9 Å². The number of nitrogens with zero attached hydrogens (tertiary/aromatic N) is 2. The van der Waals surface area contributed by atoms with E-state index in [1.54, 1.807) is 32.9 Å². The van der Waals surface area contributed by atoms with Crippen LogP contribution in [0.5, 0.6) is 5.75 Å². The number of hydrogen-bond acceptors (Lipinski definition) is 5. The van der Waals surface area contributed by atoms with Crippen molar-refractivity contribution in [3.63, 3.8) is 0 Å². The molecule has 1 aromatic heterocycles. The largest absolute Gasteiger partial charge is 0.496 e. The molecule has 3 aromatic rings. The van der Waals surface area contributed by atoms with E-state index in [-0.39, 0.29) is 16.6 Å². The van der Waals surface area contributed by atoms with Gasteiger partial charge in [0, 0.05) is 22.3 Å². The number of rotatable bonds is 7. The summed E-state index contributed by atoms with van der Waals surface area (Å²) < 4.78 is 61.8. The first kappa shape index (κ1) is 25.0. The summed E-state index contributed by atoms with van der Waals surface area (Å²) in [6.07, 6.45) is -4.30. The SMILES string of the molecule is COc1cc(Cl)ccc1C(C)(C)CC(O)(CNc1ccc(F)c2nc(C)ncc12)C(F)(F)F. The van der Waals surface area contributed by atoms with Crippen molar-refractivity contribution in [3.8, 4) is 5.75 Å². The van der Waals surface area contributed by atoms with Gasteiger partial charge in [0.2, 0.25) is 0 Å². The third-order valence-corrected chi connectivity index (χ3v) is 5.78. The van der Waals surface area contributed by atoms with Crippen molar-refractivity contribution >= 4 is 28.2 Å². The van der Waals surface area contributed by atoms with E-state index in [4.69, 9.17) is 16.3 Å². The third kappa shape index (κ3) is 5.14. The van der Waals surface area contributed by atoms with Gasteiger partial charge in [0.05, 0.1) is 13.7 Å². The second-order valence-electron chi connectivity index (χ2n) is 8.56. The van der Waals surface area contributed by atoms with Crippen LogP contribution in [0.15, 0.2) is 36.5 Å². The summed E-state index contributed by atoms with van der Waals surface area (Å²) in [6, 6.07) is 7.04. The van der Waals surface area contributed by atoms with Crippen molar-refractivity contribution in [1.29, 1.82) is 0 Å². The van der Waals surface area contributed by atoms with Crippen molar-refractivity contribution in [3.05, 3.63) is 58.8 Å². The normalized spacial score (nSPS) is 14.2. The number of aromatic nitrogens is 2. The van der Waals surface area contributed by atoms with Crippen LogP contribution >= 0.6 is 11.6 Å². The summed E-state index contributed by atoms with van der Waals surface area (Å²) in [5, 5.41) is 14.0. The molecule has 0 bridgehead atoms. The monoisotopic (exact) mass is 485 g/mol. The second-order valence-corrected chi connectivity index (χ2v) is 9.00. The van der Waals surface area contributed by atoms with E-state index < -0.39 is 36.0 Å². The van der Waals surface area contributed by atoms with Gasteiger partial charge >= 0.3 is 6.18 Å². The predicted octanol–water partition coefficient (Wildman–Crippen LogP) is 5.81. The zero-order valence-electron chi connectivity index (χ0n) is 18.5. The minimum absolute atomic E-state index is 0.0192. The maximum Gasteiger partial charge on any atom is 0.418 e. The van der Waals surface area contributed by atoms with Crippen LogP contribution in [0.1, 0.15) is 31.7 Å². The van der Waals surface area contributed by atoms with Gasteiger partial charge in [0.25, 0.3) is 0 Å². The summed E-state index contributed by atoms with van der Waals surface area (Å²) in [7, 11) is 1.40. The van der Waals surface area contributed by atoms with Gasteiger partial charge in [0.15, 0.2) is 5.60 Å². The number of aliphatic hydroxyl groups is 1. The topological polar surface area (TPSA) is 67.3 Å². The molecule has 1 heterocycles. The Labute approximate surface area is 193 Å². The Hall–Kier alpha value is -2.65. The molecule has 0 saturated heterocycles. The first-order chi connectivity index (χ1) is 15.3. The summed E-state index contributed by atoms with van der Waals surface area (Å²) in [5.41, 5.74) is -3.64. The fourth-order valence-corrected chi connectivity index (χ4v) is 4.05. The van der Waals surface area contributed by atoms with Crippen LogP contribution in [0.4, 0.5) is 23.2 Å². The zero-order chi connectivity index (χ0) is 24.6. The molecule has 0 spiro atoms. The first-order valence-corrected chi connectivity index (χ1v) is 10.4. The highest BCUT2D eigenvalue weighted by Gasteiger charge is 2.56. The number of ether oxygens (including phenoxy) is 1. The number of nitrogens with one attached hydrogen (secondary N) is 1. The molecule has 1 atom stereocenters. The molecule has 2 aromatic carbocycles. The Morgan fingerprint density at radius 3 is 2.48 bits per heavy atom. The maximum absolute atomic E-state index is 14.2. The fourth-order valence-electron chi connectivity index (χ4n) is 3.88. The lowest BCUT2D eigenvalue weighted by Gasteiger charge is -2.38. The first-order valence-electron chi connectivity index (χ1n) is 10.1. The average Bonchev–Trinajstić information content (AvgIpc) is 2.72. The number of benzene rings is 2. The van der Waals surface area contributed by atoms with Gasteiger partial charge in [-0.2, -0.15) is 13.2 Å². The highest BCUT2D eigenvalue weighted by Crippen LogP contribution is 2.44. The van der Waals surface area contributed by atoms with Gasteiger partial charge in [-0.15, -0.1) is 0 Å². The van der Waals surface area contributed by atoms with E-state index in [1.165, 1.54) is 25.4 Å². The van der Waals surface area contributed by atoms with Gasteiger partial charge < -0.3 is 15.2 Å². The Morgan fingerprint density at radius 2 is 1.85 bits per heavy atom. The van der Waals surface area contributed by atoms with Crippen molar-refractivity contribution in [1.82, 2.24) is 9.97 Å². The second kappa shape index (κ2) is 8.95. The minimum Gasteiger partial charge on any atom is -0.496 e. The van der Waals surface area contributed by atoms with Crippen molar-refractivity contribution in [2.24, 2.45) is 0 Å². The van der Waals surface area contributed by atoms with E-state index in [2.05, 4.69) is 15.3 Å². The van der Waals surface area contributed by atoms with Gasteiger partial charge in [-0.3, -0.25) is 0 Å². The lowest BCUT2D eigenvalue weighted by molar-refractivity contribution is -0.260. The average molecular weight is 486 g/mol. The standard InChI is InChI=1S/C23H24ClF4N3O2/c1-13-29-10-15-18(8-7-17(25)20(15)31-13)30-12-22(32,23(26,27)28)11-21(2,3)16-6-5-14(24)9-19(16)33-4/h5-10,30,32H,11-12H2,1-4H3. The lowest BCUT2D eigenvalue weighted by Crippen LogP contribution is -2.53. The Kier molecular flexibility index (Phi) is 6.77. The van der Waals surface area contributed by atoms with E-state index in [0.29, 0.717) is 22.2 Å². The molecule has 2 N–H and O–H groups in total. The van der Waals surface area contributed by atoms with Crippen LogP contribution in [0, 0.1) is 12.7 Å². The molecule has 3 rings (SSSR count). The smallest absolute Gasteiger partial charge is 0.418 e. The number of anilines is 1. The van der Waals surface area contributed by atoms with Crippen molar-refractivity contribution < 1.29 is 27.4 Å². The summed E-state index contributed by atoms with van der Waals surface area (Å²) in [6.45, 7) is 3.87. The number of fused-ring (bicyclic) bond motifs is 1. The molecule has 33 heavy (non-hydrogen) atoms. The molecule has 1 unspecified atom stereocenters. The molecule has 0 amide bonds. The molecule has 0 saturated carbocycles. The molecule has 5 nitrogen and oxygen atoms in total. The molecular weight excluding hydrogens is 462 g/mol. The summed E-state index contributed by atoms with van der Waals surface area (Å²) in [4.78, 5) is 8.02. The number of aryl methyl sites for hydroxylation is 1. The van der Waals surface area contributed by atoms with Gasteiger partial charge in [-0.1, -0.05) is 31.5 Å². The molecule has 0 aliphatic carbocycles. The van der Waals surface area contributed by atoms with Gasteiger partial charge in [0.1, 0.15) is 22.9 Å². The van der Waals surface area contributed by atoms with Crippen LogP contribution < -0.4 is 10.1 Å².